The van der Waals surface area contributed by atoms with Crippen molar-refractivity contribution in [3.05, 3.63) is 90.0 Å². The highest BCUT2D eigenvalue weighted by Crippen LogP contribution is 2.36. The molecule has 0 heterocycles. The topological polar surface area (TPSA) is 18.5 Å². The highest BCUT2D eigenvalue weighted by molar-refractivity contribution is 7.99. The molecule has 3 aromatic rings. The Kier molecular flexibility index (Phi) is 6.66. The minimum Gasteiger partial charge on any atom is -0.346 e. The van der Waals surface area contributed by atoms with Crippen molar-refractivity contribution in [3.8, 4) is 0 Å². The summed E-state index contributed by atoms with van der Waals surface area (Å²) >= 11 is 1.74. The van der Waals surface area contributed by atoms with E-state index in [1.54, 1.807) is 26.0 Å². The molecule has 27 heavy (non-hydrogen) atoms. The Bertz CT molecular complexity index is 840. The van der Waals surface area contributed by atoms with Crippen LogP contribution in [0.4, 0.5) is 0 Å². The summed E-state index contributed by atoms with van der Waals surface area (Å²) in [7, 11) is 3.61. The highest BCUT2D eigenvalue weighted by atomic mass is 32.2. The molecule has 0 amide bonds. The fraction of sp³-hybridized carbons (Fsp3) is 0.217. The average Bonchev–Trinajstić information content (AvgIpc) is 2.72. The molecule has 4 heteroatoms. The summed E-state index contributed by atoms with van der Waals surface area (Å²) in [6.07, 6.45) is 4.44. The fourth-order valence-corrected chi connectivity index (χ4v) is 4.55. The van der Waals surface area contributed by atoms with Crippen molar-refractivity contribution in [1.29, 1.82) is 0 Å². The Morgan fingerprint density at radius 2 is 1.15 bits per heavy atom. The summed E-state index contributed by atoms with van der Waals surface area (Å²) in [4.78, 5) is 3.73. The van der Waals surface area contributed by atoms with E-state index in [4.69, 9.17) is 9.47 Å². The molecule has 3 rings (SSSR count). The van der Waals surface area contributed by atoms with E-state index in [0.717, 1.165) is 11.1 Å². The fourth-order valence-electron chi connectivity index (χ4n) is 3.03. The van der Waals surface area contributed by atoms with Crippen molar-refractivity contribution >= 4 is 22.7 Å². The molecule has 0 N–H and O–H groups in total. The molecule has 0 aliphatic carbocycles. The third-order valence-electron chi connectivity index (χ3n) is 4.49. The van der Waals surface area contributed by atoms with Crippen molar-refractivity contribution in [3.63, 3.8) is 0 Å². The van der Waals surface area contributed by atoms with Crippen LogP contribution in [0.1, 0.15) is 11.1 Å². The number of benzene rings is 3. The van der Waals surface area contributed by atoms with Crippen molar-refractivity contribution in [1.82, 2.24) is 0 Å². The molecule has 0 saturated carbocycles. The van der Waals surface area contributed by atoms with Crippen molar-refractivity contribution < 1.29 is 9.47 Å². The molecule has 3 aromatic carbocycles. The minimum absolute atomic E-state index is 0.231. The van der Waals surface area contributed by atoms with E-state index in [-0.39, 0.29) is 10.9 Å². The van der Waals surface area contributed by atoms with E-state index < -0.39 is 5.79 Å². The molecule has 0 unspecified atom stereocenters. The molecule has 0 spiro atoms. The van der Waals surface area contributed by atoms with Gasteiger partial charge in [0.2, 0.25) is 5.79 Å². The predicted octanol–water partition coefficient (Wildman–Crippen LogP) is 5.57. The molecule has 0 aromatic heterocycles. The molecular formula is C23H25O2S2+. The van der Waals surface area contributed by atoms with Gasteiger partial charge in [0.1, 0.15) is 12.5 Å². The van der Waals surface area contributed by atoms with E-state index >= 15 is 0 Å². The predicted molar refractivity (Wildman–Crippen MR) is 116 cm³/mol. The Morgan fingerprint density at radius 1 is 0.667 bits per heavy atom. The minimum atomic E-state index is -0.908. The largest absolute Gasteiger partial charge is 0.346 e. The lowest BCUT2D eigenvalue weighted by molar-refractivity contribution is -0.183. The third-order valence-corrected chi connectivity index (χ3v) is 6.72. The van der Waals surface area contributed by atoms with Crippen molar-refractivity contribution in [2.45, 2.75) is 20.5 Å². The summed E-state index contributed by atoms with van der Waals surface area (Å²) in [6, 6.07) is 27.3. The van der Waals surface area contributed by atoms with E-state index in [0.29, 0.717) is 0 Å². The van der Waals surface area contributed by atoms with Gasteiger partial charge in [0.05, 0.1) is 0 Å². The molecule has 0 fully saturated rings. The van der Waals surface area contributed by atoms with Crippen molar-refractivity contribution in [2.75, 3.05) is 26.7 Å². The molecular weight excluding hydrogens is 372 g/mol. The number of ether oxygens (including phenoxy) is 2. The highest BCUT2D eigenvalue weighted by Gasteiger charge is 2.34. The van der Waals surface area contributed by atoms with Crippen LogP contribution in [0, 0.1) is 0 Å². The summed E-state index contributed by atoms with van der Waals surface area (Å²) in [5.41, 5.74) is 1.97. The maximum atomic E-state index is 5.89. The Hall–Kier alpha value is -1.72. The van der Waals surface area contributed by atoms with Crippen LogP contribution < -0.4 is 0 Å². The van der Waals surface area contributed by atoms with Crippen molar-refractivity contribution in [2.24, 2.45) is 0 Å². The zero-order valence-electron chi connectivity index (χ0n) is 16.1. The number of hydrogen-bond acceptors (Lipinski definition) is 3. The lowest BCUT2D eigenvalue weighted by atomic mass is 9.97. The molecule has 0 atom stereocenters. The number of methoxy groups -OCH3 is 2. The number of rotatable bonds is 7. The van der Waals surface area contributed by atoms with Crippen LogP contribution in [0.25, 0.3) is 0 Å². The first-order valence-corrected chi connectivity index (χ1v) is 11.6. The smallest absolute Gasteiger partial charge is 0.221 e. The van der Waals surface area contributed by atoms with Gasteiger partial charge in [0, 0.05) is 46.0 Å². The van der Waals surface area contributed by atoms with Gasteiger partial charge in [0.25, 0.3) is 0 Å². The first-order valence-electron chi connectivity index (χ1n) is 8.71. The molecule has 0 aliphatic heterocycles. The van der Waals surface area contributed by atoms with Crippen LogP contribution >= 0.6 is 11.8 Å². The second-order valence-corrected chi connectivity index (χ2v) is 9.56. The quantitative estimate of drug-likeness (QED) is 0.384. The second-order valence-electron chi connectivity index (χ2n) is 6.31. The normalized spacial score (nSPS) is 11.7. The van der Waals surface area contributed by atoms with Gasteiger partial charge in [-0.15, -0.1) is 0 Å². The maximum absolute atomic E-state index is 5.89. The van der Waals surface area contributed by atoms with Gasteiger partial charge in [-0.1, -0.05) is 42.1 Å². The van der Waals surface area contributed by atoms with Crippen LogP contribution in [0.2, 0.25) is 0 Å². The summed E-state index contributed by atoms with van der Waals surface area (Å²) in [5, 5.41) is 0. The van der Waals surface area contributed by atoms with Gasteiger partial charge in [-0.2, -0.15) is 0 Å². The zero-order valence-corrected chi connectivity index (χ0v) is 17.8. The van der Waals surface area contributed by atoms with Crippen LogP contribution in [-0.2, 0) is 26.2 Å². The summed E-state index contributed by atoms with van der Waals surface area (Å²) in [6.45, 7) is 0. The molecule has 140 valence electrons. The van der Waals surface area contributed by atoms with Crippen LogP contribution in [0.3, 0.4) is 0 Å². The summed E-state index contributed by atoms with van der Waals surface area (Å²) in [5.74, 6) is -0.908. The van der Waals surface area contributed by atoms with Crippen LogP contribution in [-0.4, -0.2) is 26.7 Å². The molecule has 2 nitrogen and oxygen atoms in total. The standard InChI is InChI=1S/C23H25O2S2/c1-24-23(25-2,19-12-16-22(17-13-19)27(3)4)18-10-14-21(15-11-18)26-20-8-6-5-7-9-20/h5-17H,1-4H3/q+1. The average molecular weight is 398 g/mol. The van der Waals surface area contributed by atoms with Crippen LogP contribution in [0.15, 0.2) is 93.5 Å². The maximum Gasteiger partial charge on any atom is 0.221 e. The van der Waals surface area contributed by atoms with Gasteiger partial charge >= 0.3 is 0 Å². The Morgan fingerprint density at radius 3 is 1.63 bits per heavy atom. The van der Waals surface area contributed by atoms with E-state index in [9.17, 15) is 0 Å². The van der Waals surface area contributed by atoms with Gasteiger partial charge in [0.15, 0.2) is 4.90 Å². The monoisotopic (exact) mass is 397 g/mol. The van der Waals surface area contributed by atoms with Gasteiger partial charge in [-0.25, -0.2) is 0 Å². The SMILES string of the molecule is COC(OC)(c1ccc(Sc2ccccc2)cc1)c1ccc([S+](C)C)cc1. The molecule has 0 saturated heterocycles. The summed E-state index contributed by atoms with van der Waals surface area (Å²) < 4.78 is 11.8. The Labute approximate surface area is 169 Å². The molecule has 0 radical (unpaired) electrons. The van der Waals surface area contributed by atoms with Crippen LogP contribution in [0.5, 0.6) is 0 Å². The first kappa shape index (κ1) is 20.0. The second kappa shape index (κ2) is 8.98. The first-order chi connectivity index (χ1) is 13.1. The van der Waals surface area contributed by atoms with E-state index in [1.807, 2.05) is 6.07 Å². The van der Waals surface area contributed by atoms with Gasteiger partial charge in [-0.05, 0) is 48.5 Å². The Balaban J connectivity index is 1.90. The molecule has 0 aliphatic rings. The lowest BCUT2D eigenvalue weighted by Crippen LogP contribution is -2.32. The van der Waals surface area contributed by atoms with E-state index in [1.165, 1.54) is 14.7 Å². The number of hydrogen-bond donors (Lipinski definition) is 0. The van der Waals surface area contributed by atoms with Gasteiger partial charge in [-0.3, -0.25) is 0 Å². The molecule has 0 bridgehead atoms. The lowest BCUT2D eigenvalue weighted by Gasteiger charge is -2.32. The van der Waals surface area contributed by atoms with Gasteiger partial charge < -0.3 is 9.47 Å². The zero-order chi connectivity index (χ0) is 19.3. The third kappa shape index (κ3) is 4.41. The van der Waals surface area contributed by atoms with E-state index in [2.05, 4.69) is 85.3 Å².